The van der Waals surface area contributed by atoms with Crippen molar-refractivity contribution in [1.29, 1.82) is 0 Å². The van der Waals surface area contributed by atoms with Gasteiger partial charge in [-0.25, -0.2) is 9.97 Å². The molecule has 98 valence electrons. The molecule has 0 spiro atoms. The van der Waals surface area contributed by atoms with Gasteiger partial charge in [0.05, 0.1) is 4.90 Å². The summed E-state index contributed by atoms with van der Waals surface area (Å²) in [6.45, 7) is 0. The van der Waals surface area contributed by atoms with Gasteiger partial charge in [0.15, 0.2) is 0 Å². The molecule has 0 N–H and O–H groups in total. The average molecular weight is 280 g/mol. The number of para-hydroxylation sites is 1. The fraction of sp³-hybridized carbons (Fsp3) is 0. The average Bonchev–Trinajstić information content (AvgIpc) is 2.51. The van der Waals surface area contributed by atoms with Crippen molar-refractivity contribution in [3.05, 3.63) is 73.1 Å². The Morgan fingerprint density at radius 3 is 2.25 bits per heavy atom. The second-order valence-electron chi connectivity index (χ2n) is 3.99. The predicted molar refractivity (Wildman–Crippen MR) is 79.1 cm³/mol. The summed E-state index contributed by atoms with van der Waals surface area (Å²) in [4.78, 5) is 9.50. The molecule has 0 radical (unpaired) electrons. The van der Waals surface area contributed by atoms with E-state index in [4.69, 9.17) is 4.74 Å². The fourth-order valence-electron chi connectivity index (χ4n) is 1.66. The first-order valence-electron chi connectivity index (χ1n) is 6.18. The molecule has 0 aliphatic heterocycles. The molecule has 0 saturated carbocycles. The molecule has 0 fully saturated rings. The first kappa shape index (κ1) is 12.7. The van der Waals surface area contributed by atoms with Crippen LogP contribution in [0.4, 0.5) is 0 Å². The molecular formula is C16H12N2OS. The number of hydrogen-bond acceptors (Lipinski definition) is 4. The molecule has 4 heteroatoms. The third-order valence-corrected chi connectivity index (χ3v) is 3.56. The van der Waals surface area contributed by atoms with Gasteiger partial charge in [-0.05, 0) is 30.3 Å². The monoisotopic (exact) mass is 280 g/mol. The van der Waals surface area contributed by atoms with E-state index in [1.165, 1.54) is 0 Å². The van der Waals surface area contributed by atoms with Crippen LogP contribution in [0.15, 0.2) is 83.0 Å². The number of rotatable bonds is 4. The second kappa shape index (κ2) is 6.21. The molecule has 0 unspecified atom stereocenters. The van der Waals surface area contributed by atoms with Crippen molar-refractivity contribution in [2.45, 2.75) is 9.92 Å². The first-order valence-corrected chi connectivity index (χ1v) is 7.00. The van der Waals surface area contributed by atoms with Crippen LogP contribution < -0.4 is 4.74 Å². The molecule has 0 atom stereocenters. The molecule has 2 aromatic heterocycles. The molecule has 20 heavy (non-hydrogen) atoms. The molecular weight excluding hydrogens is 268 g/mol. The van der Waals surface area contributed by atoms with Crippen molar-refractivity contribution in [2.24, 2.45) is 0 Å². The van der Waals surface area contributed by atoms with Crippen LogP contribution in [-0.4, -0.2) is 9.97 Å². The Labute approximate surface area is 121 Å². The lowest BCUT2D eigenvalue weighted by atomic mass is 10.3. The Morgan fingerprint density at radius 1 is 0.750 bits per heavy atom. The van der Waals surface area contributed by atoms with Crippen molar-refractivity contribution in [3.8, 4) is 11.6 Å². The van der Waals surface area contributed by atoms with E-state index in [1.54, 1.807) is 24.2 Å². The summed E-state index contributed by atoms with van der Waals surface area (Å²) in [5.41, 5.74) is 0. The van der Waals surface area contributed by atoms with Gasteiger partial charge in [-0.1, -0.05) is 36.0 Å². The SMILES string of the molecule is c1ccc(Oc2ccccc2Sc2ccccn2)nc1. The quantitative estimate of drug-likeness (QED) is 0.708. The smallest absolute Gasteiger partial charge is 0.219 e. The third kappa shape index (κ3) is 3.16. The molecule has 0 aliphatic rings. The van der Waals surface area contributed by atoms with Gasteiger partial charge in [0, 0.05) is 18.5 Å². The lowest BCUT2D eigenvalue weighted by Crippen LogP contribution is -1.89. The van der Waals surface area contributed by atoms with E-state index in [0.717, 1.165) is 15.7 Å². The van der Waals surface area contributed by atoms with Gasteiger partial charge in [-0.2, -0.15) is 0 Å². The van der Waals surface area contributed by atoms with Gasteiger partial charge >= 0.3 is 0 Å². The summed E-state index contributed by atoms with van der Waals surface area (Å²) in [6.07, 6.45) is 3.49. The topological polar surface area (TPSA) is 35.0 Å². The zero-order valence-corrected chi connectivity index (χ0v) is 11.5. The molecule has 3 rings (SSSR count). The van der Waals surface area contributed by atoms with Gasteiger partial charge in [-0.3, -0.25) is 0 Å². The van der Waals surface area contributed by atoms with Crippen LogP contribution in [0, 0.1) is 0 Å². The Balaban J connectivity index is 1.85. The summed E-state index contributed by atoms with van der Waals surface area (Å²) in [6, 6.07) is 19.3. The predicted octanol–water partition coefficient (Wildman–Crippen LogP) is 4.42. The van der Waals surface area contributed by atoms with Crippen molar-refractivity contribution in [2.75, 3.05) is 0 Å². The largest absolute Gasteiger partial charge is 0.438 e. The number of ether oxygens (including phenoxy) is 1. The van der Waals surface area contributed by atoms with Crippen molar-refractivity contribution >= 4 is 11.8 Å². The van der Waals surface area contributed by atoms with E-state index in [1.807, 2.05) is 60.7 Å². The molecule has 1 aromatic carbocycles. The zero-order chi connectivity index (χ0) is 13.6. The van der Waals surface area contributed by atoms with Crippen molar-refractivity contribution in [1.82, 2.24) is 9.97 Å². The van der Waals surface area contributed by atoms with Gasteiger partial charge in [-0.15, -0.1) is 0 Å². The summed E-state index contributed by atoms with van der Waals surface area (Å²) < 4.78 is 5.82. The Kier molecular flexibility index (Phi) is 3.94. The molecule has 3 aromatic rings. The maximum absolute atomic E-state index is 5.82. The minimum Gasteiger partial charge on any atom is -0.438 e. The Morgan fingerprint density at radius 2 is 1.50 bits per heavy atom. The summed E-state index contributed by atoms with van der Waals surface area (Å²) in [7, 11) is 0. The Hall–Kier alpha value is -2.33. The van der Waals surface area contributed by atoms with Crippen LogP contribution in [0.5, 0.6) is 11.6 Å². The molecule has 0 amide bonds. The maximum Gasteiger partial charge on any atom is 0.219 e. The number of nitrogens with zero attached hydrogens (tertiary/aromatic N) is 2. The van der Waals surface area contributed by atoms with Crippen LogP contribution in [0.1, 0.15) is 0 Å². The first-order chi connectivity index (χ1) is 9.92. The Bertz CT molecular complexity index is 614. The van der Waals surface area contributed by atoms with Crippen LogP contribution in [0.2, 0.25) is 0 Å². The van der Waals surface area contributed by atoms with Crippen molar-refractivity contribution in [3.63, 3.8) is 0 Å². The van der Waals surface area contributed by atoms with E-state index in [0.29, 0.717) is 5.88 Å². The highest BCUT2D eigenvalue weighted by molar-refractivity contribution is 7.99. The van der Waals surface area contributed by atoms with Gasteiger partial charge in [0.25, 0.3) is 0 Å². The highest BCUT2D eigenvalue weighted by atomic mass is 32.2. The zero-order valence-electron chi connectivity index (χ0n) is 10.6. The van der Waals surface area contributed by atoms with Crippen LogP contribution in [0.3, 0.4) is 0 Å². The number of benzene rings is 1. The molecule has 0 saturated heterocycles. The summed E-state index contributed by atoms with van der Waals surface area (Å²) in [5, 5.41) is 0.935. The van der Waals surface area contributed by atoms with E-state index in [-0.39, 0.29) is 0 Å². The highest BCUT2D eigenvalue weighted by Gasteiger charge is 2.07. The maximum atomic E-state index is 5.82. The molecule has 0 bridgehead atoms. The number of pyridine rings is 2. The van der Waals surface area contributed by atoms with Crippen molar-refractivity contribution < 1.29 is 4.74 Å². The van der Waals surface area contributed by atoms with Crippen LogP contribution in [0.25, 0.3) is 0 Å². The number of hydrogen-bond donors (Lipinski definition) is 0. The third-order valence-electron chi connectivity index (χ3n) is 2.55. The molecule has 2 heterocycles. The van der Waals surface area contributed by atoms with Crippen LogP contribution >= 0.6 is 11.8 Å². The van der Waals surface area contributed by atoms with E-state index in [2.05, 4.69) is 9.97 Å². The lowest BCUT2D eigenvalue weighted by Gasteiger charge is -2.09. The number of aromatic nitrogens is 2. The standard InChI is InChI=1S/C16H12N2OS/c1-2-8-14(20-16-10-4-6-12-18-16)13(7-1)19-15-9-3-5-11-17-15/h1-12H. The minimum atomic E-state index is 0.585. The van der Waals surface area contributed by atoms with Crippen LogP contribution in [-0.2, 0) is 0 Å². The molecule has 3 nitrogen and oxygen atoms in total. The van der Waals surface area contributed by atoms with E-state index < -0.39 is 0 Å². The van der Waals surface area contributed by atoms with E-state index in [9.17, 15) is 0 Å². The summed E-state index contributed by atoms with van der Waals surface area (Å²) >= 11 is 1.57. The second-order valence-corrected chi connectivity index (χ2v) is 5.05. The van der Waals surface area contributed by atoms with E-state index >= 15 is 0 Å². The normalized spacial score (nSPS) is 10.2. The van der Waals surface area contributed by atoms with Gasteiger partial charge < -0.3 is 4.74 Å². The molecule has 0 aliphatic carbocycles. The minimum absolute atomic E-state index is 0.585. The summed E-state index contributed by atoms with van der Waals surface area (Å²) in [5.74, 6) is 1.36. The van der Waals surface area contributed by atoms with Gasteiger partial charge in [0.1, 0.15) is 10.8 Å². The highest BCUT2D eigenvalue weighted by Crippen LogP contribution is 2.35. The van der Waals surface area contributed by atoms with Gasteiger partial charge in [0.2, 0.25) is 5.88 Å². The lowest BCUT2D eigenvalue weighted by molar-refractivity contribution is 0.452. The fourth-order valence-corrected chi connectivity index (χ4v) is 2.50.